The van der Waals surface area contributed by atoms with Crippen LogP contribution < -0.4 is 5.32 Å². The average Bonchev–Trinajstić information content (AvgIpc) is 2.99. The largest absolute Gasteiger partial charge is 0.304 e. The number of aromatic nitrogens is 3. The Bertz CT molecular complexity index is 536. The Labute approximate surface area is 125 Å². The van der Waals surface area contributed by atoms with Crippen molar-refractivity contribution in [2.75, 3.05) is 6.54 Å². The number of rotatable bonds is 6. The molecule has 1 unspecified atom stereocenters. The van der Waals surface area contributed by atoms with Gasteiger partial charge in [-0.25, -0.2) is 4.98 Å². The third-order valence-electron chi connectivity index (χ3n) is 3.37. The Morgan fingerprint density at radius 1 is 1.35 bits per heavy atom. The van der Waals surface area contributed by atoms with Gasteiger partial charge in [0.15, 0.2) is 0 Å². The standard InChI is InChI=1S/C15H24N4S/c1-6-7-16-14(15-18-11(4)12(5)20-15)13-8-17-19(9-13)10(2)3/h8-10,14,16H,6-7H2,1-5H3. The van der Waals surface area contributed by atoms with E-state index in [-0.39, 0.29) is 6.04 Å². The van der Waals surface area contributed by atoms with E-state index in [0.717, 1.165) is 23.7 Å². The van der Waals surface area contributed by atoms with Gasteiger partial charge in [0, 0.05) is 22.7 Å². The van der Waals surface area contributed by atoms with Gasteiger partial charge in [-0.1, -0.05) is 6.92 Å². The molecule has 0 fully saturated rings. The molecule has 4 nitrogen and oxygen atoms in total. The minimum Gasteiger partial charge on any atom is -0.304 e. The van der Waals surface area contributed by atoms with E-state index in [1.54, 1.807) is 11.3 Å². The summed E-state index contributed by atoms with van der Waals surface area (Å²) in [6.07, 6.45) is 5.20. The molecule has 0 aromatic carbocycles. The van der Waals surface area contributed by atoms with Crippen molar-refractivity contribution in [3.05, 3.63) is 33.5 Å². The van der Waals surface area contributed by atoms with Gasteiger partial charge in [0.2, 0.25) is 0 Å². The van der Waals surface area contributed by atoms with Gasteiger partial charge in [0.25, 0.3) is 0 Å². The Morgan fingerprint density at radius 2 is 2.10 bits per heavy atom. The molecule has 0 aliphatic heterocycles. The zero-order valence-electron chi connectivity index (χ0n) is 13.0. The van der Waals surface area contributed by atoms with E-state index in [4.69, 9.17) is 4.98 Å². The minimum atomic E-state index is 0.153. The predicted octanol–water partition coefficient (Wildman–Crippen LogP) is 3.63. The van der Waals surface area contributed by atoms with Crippen molar-refractivity contribution in [1.82, 2.24) is 20.1 Å². The number of nitrogens with one attached hydrogen (secondary N) is 1. The van der Waals surface area contributed by atoms with E-state index in [9.17, 15) is 0 Å². The highest BCUT2D eigenvalue weighted by Crippen LogP contribution is 2.28. The summed E-state index contributed by atoms with van der Waals surface area (Å²) in [5, 5.41) is 9.18. The third kappa shape index (κ3) is 3.27. The van der Waals surface area contributed by atoms with Gasteiger partial charge in [0.1, 0.15) is 5.01 Å². The van der Waals surface area contributed by atoms with Crippen molar-refractivity contribution in [3.8, 4) is 0 Å². The molecule has 2 aromatic rings. The normalized spacial score (nSPS) is 13.1. The van der Waals surface area contributed by atoms with Gasteiger partial charge in [-0.05, 0) is 40.7 Å². The summed E-state index contributed by atoms with van der Waals surface area (Å²) in [6.45, 7) is 11.6. The quantitative estimate of drug-likeness (QED) is 0.884. The molecule has 2 heterocycles. The molecule has 0 saturated heterocycles. The molecule has 1 atom stereocenters. The first kappa shape index (κ1) is 15.2. The third-order valence-corrected chi connectivity index (χ3v) is 4.51. The summed E-state index contributed by atoms with van der Waals surface area (Å²) >= 11 is 1.77. The van der Waals surface area contributed by atoms with Gasteiger partial charge in [-0.2, -0.15) is 5.10 Å². The number of thiazole rings is 1. The number of hydrogen-bond acceptors (Lipinski definition) is 4. The van der Waals surface area contributed by atoms with Crippen LogP contribution >= 0.6 is 11.3 Å². The maximum absolute atomic E-state index is 4.71. The van der Waals surface area contributed by atoms with Crippen molar-refractivity contribution in [3.63, 3.8) is 0 Å². The lowest BCUT2D eigenvalue weighted by molar-refractivity contribution is 0.530. The van der Waals surface area contributed by atoms with Crippen molar-refractivity contribution in [2.45, 2.75) is 53.1 Å². The maximum atomic E-state index is 4.71. The Hall–Kier alpha value is -1.20. The highest BCUT2D eigenvalue weighted by molar-refractivity contribution is 7.11. The fraction of sp³-hybridized carbons (Fsp3) is 0.600. The van der Waals surface area contributed by atoms with Gasteiger partial charge >= 0.3 is 0 Å². The van der Waals surface area contributed by atoms with E-state index in [1.165, 1.54) is 10.4 Å². The molecule has 0 amide bonds. The molecule has 2 rings (SSSR count). The van der Waals surface area contributed by atoms with Gasteiger partial charge in [-0.15, -0.1) is 11.3 Å². The molecule has 0 aliphatic rings. The summed E-state index contributed by atoms with van der Waals surface area (Å²) in [5.74, 6) is 0. The van der Waals surface area contributed by atoms with Gasteiger partial charge in [0.05, 0.1) is 17.9 Å². The lowest BCUT2D eigenvalue weighted by atomic mass is 10.1. The summed E-state index contributed by atoms with van der Waals surface area (Å²) in [4.78, 5) is 6.00. The second-order valence-electron chi connectivity index (χ2n) is 5.43. The van der Waals surface area contributed by atoms with Gasteiger partial charge < -0.3 is 5.32 Å². The van der Waals surface area contributed by atoms with Gasteiger partial charge in [-0.3, -0.25) is 4.68 Å². The summed E-state index contributed by atoms with van der Waals surface area (Å²) < 4.78 is 2.00. The minimum absolute atomic E-state index is 0.153. The van der Waals surface area contributed by atoms with Crippen LogP contribution in [0.4, 0.5) is 0 Å². The Morgan fingerprint density at radius 3 is 2.60 bits per heavy atom. The fourth-order valence-electron chi connectivity index (χ4n) is 2.04. The number of nitrogens with zero attached hydrogens (tertiary/aromatic N) is 3. The van der Waals surface area contributed by atoms with Crippen LogP contribution in [0, 0.1) is 13.8 Å². The summed E-state index contributed by atoms with van der Waals surface area (Å²) in [6, 6.07) is 0.537. The SMILES string of the molecule is CCCNC(c1cnn(C(C)C)c1)c1nc(C)c(C)s1. The van der Waals surface area contributed by atoms with E-state index in [2.05, 4.69) is 51.2 Å². The van der Waals surface area contributed by atoms with E-state index in [1.807, 2.05) is 10.9 Å². The molecule has 5 heteroatoms. The van der Waals surface area contributed by atoms with Crippen LogP contribution in [0.5, 0.6) is 0 Å². The second kappa shape index (κ2) is 6.50. The Kier molecular flexibility index (Phi) is 4.94. The zero-order chi connectivity index (χ0) is 14.7. The first-order valence-electron chi connectivity index (χ1n) is 7.24. The first-order valence-corrected chi connectivity index (χ1v) is 8.06. The van der Waals surface area contributed by atoms with Crippen LogP contribution in [0.1, 0.15) is 60.4 Å². The Balaban J connectivity index is 2.30. The predicted molar refractivity (Wildman–Crippen MR) is 84.3 cm³/mol. The summed E-state index contributed by atoms with van der Waals surface area (Å²) in [5.41, 5.74) is 2.32. The van der Waals surface area contributed by atoms with E-state index >= 15 is 0 Å². The molecular weight excluding hydrogens is 268 g/mol. The molecule has 0 aliphatic carbocycles. The van der Waals surface area contributed by atoms with Crippen molar-refractivity contribution in [1.29, 1.82) is 0 Å². The van der Waals surface area contributed by atoms with E-state index in [0.29, 0.717) is 6.04 Å². The van der Waals surface area contributed by atoms with Crippen LogP contribution in [-0.4, -0.2) is 21.3 Å². The lowest BCUT2D eigenvalue weighted by Gasteiger charge is -2.14. The lowest BCUT2D eigenvalue weighted by Crippen LogP contribution is -2.22. The molecule has 20 heavy (non-hydrogen) atoms. The smallest absolute Gasteiger partial charge is 0.115 e. The van der Waals surface area contributed by atoms with Crippen LogP contribution in [-0.2, 0) is 0 Å². The maximum Gasteiger partial charge on any atom is 0.115 e. The van der Waals surface area contributed by atoms with Crippen LogP contribution in [0.25, 0.3) is 0 Å². The second-order valence-corrected chi connectivity index (χ2v) is 6.66. The number of hydrogen-bond donors (Lipinski definition) is 1. The van der Waals surface area contributed by atoms with Crippen LogP contribution in [0.15, 0.2) is 12.4 Å². The molecule has 0 radical (unpaired) electrons. The molecule has 0 saturated carbocycles. The highest BCUT2D eigenvalue weighted by atomic mass is 32.1. The molecule has 0 bridgehead atoms. The average molecular weight is 292 g/mol. The zero-order valence-corrected chi connectivity index (χ0v) is 13.8. The highest BCUT2D eigenvalue weighted by Gasteiger charge is 2.20. The molecular formula is C15H24N4S. The topological polar surface area (TPSA) is 42.7 Å². The van der Waals surface area contributed by atoms with Crippen LogP contribution in [0.3, 0.4) is 0 Å². The summed E-state index contributed by atoms with van der Waals surface area (Å²) in [7, 11) is 0. The monoisotopic (exact) mass is 292 g/mol. The molecule has 2 aromatic heterocycles. The molecule has 1 N–H and O–H groups in total. The molecule has 0 spiro atoms. The molecule has 110 valence electrons. The number of aryl methyl sites for hydroxylation is 2. The van der Waals surface area contributed by atoms with Crippen molar-refractivity contribution < 1.29 is 0 Å². The van der Waals surface area contributed by atoms with Crippen molar-refractivity contribution >= 4 is 11.3 Å². The van der Waals surface area contributed by atoms with Crippen LogP contribution in [0.2, 0.25) is 0 Å². The van der Waals surface area contributed by atoms with E-state index < -0.39 is 0 Å². The van der Waals surface area contributed by atoms with Crippen molar-refractivity contribution in [2.24, 2.45) is 0 Å². The fourth-order valence-corrected chi connectivity index (χ4v) is 3.07. The first-order chi connectivity index (χ1) is 9.52.